The normalized spacial score (nSPS) is 11.7. The van der Waals surface area contributed by atoms with Crippen molar-refractivity contribution in [3.63, 3.8) is 0 Å². The molecule has 0 atom stereocenters. The summed E-state index contributed by atoms with van der Waals surface area (Å²) in [6.07, 6.45) is 45.8. The van der Waals surface area contributed by atoms with Crippen molar-refractivity contribution in [2.45, 2.75) is 390 Å². The Kier molecular flexibility index (Phi) is 50.8. The van der Waals surface area contributed by atoms with E-state index in [-0.39, 0.29) is 17.6 Å². The van der Waals surface area contributed by atoms with E-state index >= 15 is 0 Å². The van der Waals surface area contributed by atoms with Gasteiger partial charge < -0.3 is 77.4 Å². The zero-order valence-corrected chi connectivity index (χ0v) is 82.1. The number of benzene rings is 4. The zero-order valence-electron chi connectivity index (χ0n) is 78.0. The second kappa shape index (κ2) is 59.4. The maximum absolute atomic E-state index is 11.0. The van der Waals surface area contributed by atoms with Crippen molar-refractivity contribution in [1.29, 1.82) is 0 Å². The molecule has 4 radical (unpaired) electrons. The third kappa shape index (κ3) is 32.8. The minimum atomic E-state index is -1.90. The first-order valence-corrected chi connectivity index (χ1v) is 53.8. The van der Waals surface area contributed by atoms with Gasteiger partial charge in [0, 0.05) is 61.7 Å². The van der Waals surface area contributed by atoms with Crippen LogP contribution < -0.4 is 47.9 Å². The van der Waals surface area contributed by atoms with Crippen LogP contribution in [0.5, 0.6) is 46.0 Å². The molecule has 0 fully saturated rings. The molecule has 2 N–H and O–H groups in total. The number of hydrogen-bond acceptors (Lipinski definition) is 16. The van der Waals surface area contributed by atoms with Crippen molar-refractivity contribution in [1.82, 2.24) is 39.9 Å². The van der Waals surface area contributed by atoms with Gasteiger partial charge >= 0.3 is 0 Å². The molecule has 4 aromatic carbocycles. The Morgan fingerprint density at radius 1 is 0.215 bits per heavy atom. The third-order valence-corrected chi connectivity index (χ3v) is 30.7. The number of aromatic nitrogens is 8. The Morgan fingerprint density at radius 3 is 0.537 bits per heavy atom. The molecule has 9 rings (SSSR count). The average Bonchev–Trinajstić information content (AvgIpc) is 1.58. The van der Waals surface area contributed by atoms with Gasteiger partial charge in [-0.3, -0.25) is 0 Å². The molecular formula is C100H160GeN8O10Si2-2. The van der Waals surface area contributed by atoms with Gasteiger partial charge in [0.25, 0.3) is 0 Å². The van der Waals surface area contributed by atoms with Crippen molar-refractivity contribution in [3.8, 4) is 91.5 Å². The molecule has 0 saturated carbocycles. The number of unbranched alkanes of at least 4 members (excludes halogenated alkanes) is 26. The van der Waals surface area contributed by atoms with Gasteiger partial charge in [0.15, 0.2) is 16.6 Å². The van der Waals surface area contributed by atoms with Gasteiger partial charge in [-0.25, -0.2) is 9.97 Å². The van der Waals surface area contributed by atoms with Gasteiger partial charge in [0.05, 0.1) is 98.4 Å². The van der Waals surface area contributed by atoms with E-state index in [0.717, 1.165) is 103 Å². The van der Waals surface area contributed by atoms with E-state index in [1.165, 1.54) is 190 Å². The summed E-state index contributed by atoms with van der Waals surface area (Å²) in [6, 6.07) is 22.6. The summed E-state index contributed by atoms with van der Waals surface area (Å²) in [7, 11) is -3.80. The quantitative estimate of drug-likeness (QED) is 0.0267. The number of fused-ring (bicyclic) bond motifs is 20. The molecule has 18 nitrogen and oxygen atoms in total. The first-order chi connectivity index (χ1) is 58.8. The summed E-state index contributed by atoms with van der Waals surface area (Å²) in [4.78, 5) is 65.6. The van der Waals surface area contributed by atoms with Gasteiger partial charge in [-0.15, -0.1) is 0 Å². The number of hydrogen-bond donors (Lipinski definition) is 2. The van der Waals surface area contributed by atoms with Gasteiger partial charge in [-0.05, 0) is 136 Å². The van der Waals surface area contributed by atoms with E-state index in [4.69, 9.17) is 77.8 Å². The molecular weight excluding hydrogens is 1600 g/mol. The van der Waals surface area contributed by atoms with Gasteiger partial charge in [-0.2, -0.15) is 0 Å². The minimum absolute atomic E-state index is 0. The maximum atomic E-state index is 11.0. The fraction of sp³-hybridized carbons (Fsp3) is 0.680. The Hall–Kier alpha value is -6.46. The van der Waals surface area contributed by atoms with E-state index in [0.29, 0.717) is 189 Å². The molecule has 0 aliphatic carbocycles. The molecule has 0 amide bonds. The summed E-state index contributed by atoms with van der Waals surface area (Å²) < 4.78 is 53.4. The number of rotatable bonds is 62. The molecule has 8 bridgehead atoms. The first-order valence-electron chi connectivity index (χ1n) is 48.6. The zero-order chi connectivity index (χ0) is 86.0. The molecule has 0 unspecified atom stereocenters. The van der Waals surface area contributed by atoms with Crippen LogP contribution >= 0.6 is 0 Å². The van der Waals surface area contributed by atoms with Gasteiger partial charge in [0.1, 0.15) is 46.0 Å². The fourth-order valence-corrected chi connectivity index (χ4v) is 22.5. The molecule has 0 saturated heterocycles. The predicted octanol–water partition coefficient (Wildman–Crippen LogP) is 28.5. The predicted molar refractivity (Wildman–Crippen MR) is 513 cm³/mol. The summed E-state index contributed by atoms with van der Waals surface area (Å²) in [5.74, 6) is 5.99. The van der Waals surface area contributed by atoms with Crippen LogP contribution in [0, 0.1) is 0 Å². The second-order valence-electron chi connectivity index (χ2n) is 33.7. The minimum Gasteiger partial charge on any atom is -0.493 e. The Morgan fingerprint density at radius 2 is 0.372 bits per heavy atom. The molecule has 2 aliphatic heterocycles. The standard InChI is InChI=1S/C64H80N8O8.2C18H40OSi.Ge/c1-9-17-33-73-41-25-26-42(74-34-18-10-2)50-49(41)57-65-58(50)70-60-53-45(77-37-21-13-5)29-30-46(78-38-22-14-6)54(53)62(67-60)72-64-56-48(80-40-24-16-8)32-31-47(79-39-23-15-7)55(56)63(68-64)71-61-52-44(76-36-20-12-4)28-27-43(75-35-19-11-3)51(52)59(66-61)69-57;2*1-4-7-10-13-16-20(19,17-14-11-8-5-2)18-15-12-9-6-3;/h25-32H,9-24,33-40H2,1-8H3;2*19H,4-18H2,1-3H3;/q-2;;;. The summed E-state index contributed by atoms with van der Waals surface area (Å²) in [5, 5.41) is 2.49. The van der Waals surface area contributed by atoms with Crippen LogP contribution in [0.1, 0.15) is 354 Å². The number of nitrogens with zero attached hydrogens (tertiary/aromatic N) is 8. The summed E-state index contributed by atoms with van der Waals surface area (Å²) in [6.45, 7) is 34.5. The Balaban J connectivity index is 0.000000454. The topological polar surface area (TPSA) is 220 Å². The van der Waals surface area contributed by atoms with E-state index in [2.05, 4.69) is 96.9 Å². The second-order valence-corrected chi connectivity index (χ2v) is 41.6. The Bertz CT molecular complexity index is 3680. The van der Waals surface area contributed by atoms with Crippen molar-refractivity contribution in [3.05, 3.63) is 48.5 Å². The van der Waals surface area contributed by atoms with Crippen LogP contribution in [0.3, 0.4) is 0 Å². The van der Waals surface area contributed by atoms with Crippen molar-refractivity contribution in [2.75, 3.05) is 52.9 Å². The third-order valence-electron chi connectivity index (χ3n) is 23.0. The van der Waals surface area contributed by atoms with Crippen LogP contribution in [-0.2, 0) is 0 Å². The van der Waals surface area contributed by atoms with Crippen LogP contribution in [-0.4, -0.2) is 127 Å². The molecule has 674 valence electrons. The van der Waals surface area contributed by atoms with Gasteiger partial charge in [0.2, 0.25) is 0 Å². The molecule has 21 heteroatoms. The van der Waals surface area contributed by atoms with E-state index in [1.807, 2.05) is 48.5 Å². The van der Waals surface area contributed by atoms with Gasteiger partial charge in [-0.1, -0.05) is 302 Å². The van der Waals surface area contributed by atoms with Crippen LogP contribution in [0.2, 0.25) is 36.3 Å². The monoisotopic (exact) mass is 1760 g/mol. The van der Waals surface area contributed by atoms with Crippen LogP contribution in [0.25, 0.3) is 89.7 Å². The molecule has 5 heterocycles. The first kappa shape index (κ1) is 103. The molecule has 7 aromatic rings. The maximum Gasteiger partial charge on any atom is 0.188 e. The number of ether oxygens (including phenoxy) is 8. The van der Waals surface area contributed by atoms with Crippen molar-refractivity contribution < 1.29 is 47.5 Å². The largest absolute Gasteiger partial charge is 0.493 e. The SMILES string of the molecule is CCCCCC[Si](O)(CCCCCC)CCCCCC.CCCCCC[Si](O)(CCCCCC)CCCCCC.CCCCOc1ccc(OCCCC)c2c1-c1nc-2nc2[n-]c(nc3nc(nc4[n-]c(n1)c1c(OCCCC)ccc(OCCCC)c41)-c1c(OCCCC)ccc(OCCCC)c1-3)c1c(OCCCC)ccc(OCCCC)c21.[Ge]. The summed E-state index contributed by atoms with van der Waals surface area (Å²) >= 11 is 0. The smallest absolute Gasteiger partial charge is 0.188 e. The van der Waals surface area contributed by atoms with E-state index in [9.17, 15) is 9.59 Å². The molecule has 0 spiro atoms. The molecule has 121 heavy (non-hydrogen) atoms. The van der Waals surface area contributed by atoms with Crippen LogP contribution in [0.4, 0.5) is 0 Å². The van der Waals surface area contributed by atoms with Crippen LogP contribution in [0.15, 0.2) is 48.5 Å². The van der Waals surface area contributed by atoms with E-state index < -0.39 is 16.6 Å². The van der Waals surface area contributed by atoms with E-state index in [1.54, 1.807) is 0 Å². The summed E-state index contributed by atoms with van der Waals surface area (Å²) in [5.41, 5.74) is 3.79. The Labute approximate surface area is 744 Å². The van der Waals surface area contributed by atoms with Crippen molar-refractivity contribution in [2.24, 2.45) is 0 Å². The van der Waals surface area contributed by atoms with Crippen molar-refractivity contribution >= 4 is 78.4 Å². The molecule has 3 aromatic heterocycles. The fourth-order valence-electron chi connectivity index (χ4n) is 15.5. The average molecular weight is 1760 g/mol. The molecule has 2 aliphatic rings.